The van der Waals surface area contributed by atoms with Crippen LogP contribution >= 0.6 is 0 Å². The molecule has 0 bridgehead atoms. The minimum atomic E-state index is 0.841. The average Bonchev–Trinajstić information content (AvgIpc) is 2.50. The third kappa shape index (κ3) is 3.43. The Morgan fingerprint density at radius 3 is 2.55 bits per heavy atom. The van der Waals surface area contributed by atoms with Crippen LogP contribution in [0.15, 0.2) is 0 Å². The van der Waals surface area contributed by atoms with Gasteiger partial charge in [0.1, 0.15) is 0 Å². The van der Waals surface area contributed by atoms with Gasteiger partial charge in [0.15, 0.2) is 0 Å². The highest BCUT2D eigenvalue weighted by molar-refractivity contribution is 4.75. The summed E-state index contributed by atoms with van der Waals surface area (Å²) in [7, 11) is 0. The number of likely N-dealkylation sites (tertiary alicyclic amines) is 1. The molecule has 0 N–H and O–H groups in total. The SMILES string of the molecule is [C]#CCCCCN1CCCC1. The quantitative estimate of drug-likeness (QED) is 0.436. The van der Waals surface area contributed by atoms with Crippen LogP contribution in [0.1, 0.15) is 32.1 Å². The van der Waals surface area contributed by atoms with Crippen LogP contribution in [0.2, 0.25) is 0 Å². The van der Waals surface area contributed by atoms with Crippen LogP contribution in [0.3, 0.4) is 0 Å². The smallest absolute Gasteiger partial charge is 0.00994 e. The molecule has 1 heterocycles. The summed E-state index contributed by atoms with van der Waals surface area (Å²) in [6, 6.07) is 0. The molecule has 0 saturated carbocycles. The number of unbranched alkanes of at least 4 members (excludes halogenated alkanes) is 2. The Bertz CT molecular complexity index is 128. The van der Waals surface area contributed by atoms with Gasteiger partial charge in [-0.3, -0.25) is 0 Å². The van der Waals surface area contributed by atoms with E-state index in [0.717, 1.165) is 12.8 Å². The van der Waals surface area contributed by atoms with Crippen molar-refractivity contribution in [3.05, 3.63) is 6.42 Å². The second kappa shape index (κ2) is 5.21. The fraction of sp³-hybridized carbons (Fsp3) is 0.800. The molecule has 1 nitrogen and oxygen atoms in total. The van der Waals surface area contributed by atoms with E-state index in [4.69, 9.17) is 6.42 Å². The van der Waals surface area contributed by atoms with Gasteiger partial charge in [0.2, 0.25) is 0 Å². The van der Waals surface area contributed by atoms with Gasteiger partial charge in [0.05, 0.1) is 0 Å². The highest BCUT2D eigenvalue weighted by Gasteiger charge is 2.09. The molecule has 1 fully saturated rings. The Labute approximate surface area is 69.8 Å². The summed E-state index contributed by atoms with van der Waals surface area (Å²) < 4.78 is 0. The van der Waals surface area contributed by atoms with Gasteiger partial charge in [-0.15, -0.1) is 0 Å². The van der Waals surface area contributed by atoms with Gasteiger partial charge in [-0.05, 0) is 51.7 Å². The van der Waals surface area contributed by atoms with Crippen molar-refractivity contribution in [3.63, 3.8) is 0 Å². The molecule has 0 aliphatic carbocycles. The summed E-state index contributed by atoms with van der Waals surface area (Å²) in [5.41, 5.74) is 0. The monoisotopic (exact) mass is 150 g/mol. The van der Waals surface area contributed by atoms with Gasteiger partial charge in [-0.25, -0.2) is 0 Å². The van der Waals surface area contributed by atoms with Crippen molar-refractivity contribution in [2.24, 2.45) is 0 Å². The van der Waals surface area contributed by atoms with Crippen molar-refractivity contribution >= 4 is 0 Å². The summed E-state index contributed by atoms with van der Waals surface area (Å²) in [5.74, 6) is 2.42. The summed E-state index contributed by atoms with van der Waals surface area (Å²) in [4.78, 5) is 2.52. The van der Waals surface area contributed by atoms with E-state index in [2.05, 4.69) is 10.8 Å². The van der Waals surface area contributed by atoms with Crippen LogP contribution in [-0.4, -0.2) is 24.5 Å². The molecule has 1 saturated heterocycles. The molecule has 1 radical (unpaired) electrons. The normalized spacial score (nSPS) is 18.5. The molecule has 1 aliphatic heterocycles. The zero-order chi connectivity index (χ0) is 7.94. The molecule has 0 unspecified atom stereocenters. The standard InChI is InChI=1S/C10H16N/c1-2-3-4-5-8-11-9-6-7-10-11/h3-10H2. The van der Waals surface area contributed by atoms with E-state index in [1.165, 1.54) is 38.9 Å². The van der Waals surface area contributed by atoms with Crippen molar-refractivity contribution in [1.29, 1.82) is 0 Å². The lowest BCUT2D eigenvalue weighted by molar-refractivity contribution is 0.331. The van der Waals surface area contributed by atoms with Gasteiger partial charge in [0, 0.05) is 6.42 Å². The summed E-state index contributed by atoms with van der Waals surface area (Å²) >= 11 is 0. The second-order valence-electron chi connectivity index (χ2n) is 3.18. The minimum Gasteiger partial charge on any atom is -0.303 e. The molecular formula is C10H16N. The molecule has 0 aromatic rings. The lowest BCUT2D eigenvalue weighted by atomic mass is 10.2. The summed E-state index contributed by atoms with van der Waals surface area (Å²) in [6.45, 7) is 3.84. The Morgan fingerprint density at radius 1 is 1.18 bits per heavy atom. The maximum Gasteiger partial charge on any atom is 0.00994 e. The Morgan fingerprint density at radius 2 is 1.91 bits per heavy atom. The first-order valence-electron chi connectivity index (χ1n) is 4.55. The van der Waals surface area contributed by atoms with Gasteiger partial charge >= 0.3 is 0 Å². The van der Waals surface area contributed by atoms with E-state index in [1.807, 2.05) is 0 Å². The largest absolute Gasteiger partial charge is 0.303 e. The van der Waals surface area contributed by atoms with Gasteiger partial charge < -0.3 is 4.90 Å². The lowest BCUT2D eigenvalue weighted by Crippen LogP contribution is -2.20. The van der Waals surface area contributed by atoms with Crippen LogP contribution < -0.4 is 0 Å². The zero-order valence-corrected chi connectivity index (χ0v) is 7.10. The van der Waals surface area contributed by atoms with E-state index in [0.29, 0.717) is 0 Å². The molecule has 0 aromatic carbocycles. The zero-order valence-electron chi connectivity index (χ0n) is 7.10. The Balaban J connectivity index is 1.90. The molecule has 1 heteroatoms. The molecule has 1 aliphatic rings. The summed E-state index contributed by atoms with van der Waals surface area (Å²) in [6.07, 6.45) is 12.7. The molecule has 11 heavy (non-hydrogen) atoms. The third-order valence-electron chi connectivity index (χ3n) is 2.22. The fourth-order valence-electron chi connectivity index (χ4n) is 1.56. The van der Waals surface area contributed by atoms with Crippen LogP contribution in [0.25, 0.3) is 0 Å². The van der Waals surface area contributed by atoms with Crippen LogP contribution in [0.4, 0.5) is 0 Å². The summed E-state index contributed by atoms with van der Waals surface area (Å²) in [5, 5.41) is 0. The highest BCUT2D eigenvalue weighted by Crippen LogP contribution is 2.08. The maximum absolute atomic E-state index is 6.73. The van der Waals surface area contributed by atoms with Crippen LogP contribution in [0.5, 0.6) is 0 Å². The average molecular weight is 150 g/mol. The van der Waals surface area contributed by atoms with Gasteiger partial charge in [-0.1, -0.05) is 5.92 Å². The van der Waals surface area contributed by atoms with E-state index in [-0.39, 0.29) is 0 Å². The predicted molar refractivity (Wildman–Crippen MR) is 46.7 cm³/mol. The van der Waals surface area contributed by atoms with E-state index in [9.17, 15) is 0 Å². The van der Waals surface area contributed by atoms with E-state index in [1.54, 1.807) is 0 Å². The van der Waals surface area contributed by atoms with Crippen molar-refractivity contribution in [2.75, 3.05) is 19.6 Å². The first kappa shape index (κ1) is 8.62. The fourth-order valence-corrected chi connectivity index (χ4v) is 1.56. The van der Waals surface area contributed by atoms with E-state index < -0.39 is 0 Å². The third-order valence-corrected chi connectivity index (χ3v) is 2.22. The molecule has 0 aromatic heterocycles. The lowest BCUT2D eigenvalue weighted by Gasteiger charge is -2.12. The molecule has 0 spiro atoms. The topological polar surface area (TPSA) is 3.24 Å². The van der Waals surface area contributed by atoms with Crippen LogP contribution in [-0.2, 0) is 0 Å². The first-order valence-corrected chi connectivity index (χ1v) is 4.55. The first-order chi connectivity index (χ1) is 5.43. The van der Waals surface area contributed by atoms with E-state index >= 15 is 0 Å². The Hall–Kier alpha value is -0.480. The molecule has 0 amide bonds. The van der Waals surface area contributed by atoms with Crippen molar-refractivity contribution in [1.82, 2.24) is 4.90 Å². The van der Waals surface area contributed by atoms with Crippen LogP contribution in [0, 0.1) is 12.3 Å². The second-order valence-corrected chi connectivity index (χ2v) is 3.18. The molecule has 0 atom stereocenters. The number of nitrogens with zero attached hydrogens (tertiary/aromatic N) is 1. The molecule has 61 valence electrons. The van der Waals surface area contributed by atoms with Crippen molar-refractivity contribution in [3.8, 4) is 5.92 Å². The minimum absolute atomic E-state index is 0.841. The molecule has 1 rings (SSSR count). The van der Waals surface area contributed by atoms with Crippen molar-refractivity contribution in [2.45, 2.75) is 32.1 Å². The van der Waals surface area contributed by atoms with Crippen molar-refractivity contribution < 1.29 is 0 Å². The Kier molecular flexibility index (Phi) is 4.08. The maximum atomic E-state index is 6.73. The van der Waals surface area contributed by atoms with Gasteiger partial charge in [0.25, 0.3) is 0 Å². The predicted octanol–water partition coefficient (Wildman–Crippen LogP) is 1.84. The number of hydrogen-bond acceptors (Lipinski definition) is 1. The molecular weight excluding hydrogens is 134 g/mol. The number of rotatable bonds is 4. The number of hydrogen-bond donors (Lipinski definition) is 0. The highest BCUT2D eigenvalue weighted by atomic mass is 15.1. The van der Waals surface area contributed by atoms with Gasteiger partial charge in [-0.2, -0.15) is 0 Å².